The molecule has 0 N–H and O–H groups in total. The molecule has 0 saturated carbocycles. The first kappa shape index (κ1) is 9.70. The Hall–Kier alpha value is -1.51. The number of hydrazone groups is 1. The Morgan fingerprint density at radius 1 is 1.31 bits per heavy atom. The van der Waals surface area contributed by atoms with E-state index in [2.05, 4.69) is 28.5 Å². The number of nitrogens with zero attached hydrogens (tertiary/aromatic N) is 2. The van der Waals surface area contributed by atoms with Crippen LogP contribution in [0.15, 0.2) is 29.4 Å². The van der Waals surface area contributed by atoms with Crippen LogP contribution in [0.25, 0.3) is 0 Å². The maximum atomic E-state index is 5.17. The fourth-order valence-electron chi connectivity index (χ4n) is 2.68. The van der Waals surface area contributed by atoms with Crippen LogP contribution in [0.5, 0.6) is 5.75 Å². The first-order valence-corrected chi connectivity index (χ1v) is 5.83. The maximum absolute atomic E-state index is 5.17. The van der Waals surface area contributed by atoms with Crippen LogP contribution in [0.3, 0.4) is 0 Å². The normalized spacial score (nSPS) is 27.2. The number of ether oxygens (including phenoxy) is 1. The summed E-state index contributed by atoms with van der Waals surface area (Å²) in [5, 5.41) is 6.71. The molecule has 3 rings (SSSR count). The molecule has 3 heteroatoms. The molecular formula is C13H16N2O. The number of rotatable bonds is 2. The van der Waals surface area contributed by atoms with Crippen molar-refractivity contribution in [2.75, 3.05) is 13.7 Å². The molecule has 3 nitrogen and oxygen atoms in total. The van der Waals surface area contributed by atoms with Crippen LogP contribution in [-0.2, 0) is 0 Å². The lowest BCUT2D eigenvalue weighted by atomic mass is 9.92. The fourth-order valence-corrected chi connectivity index (χ4v) is 2.68. The van der Waals surface area contributed by atoms with E-state index >= 15 is 0 Å². The van der Waals surface area contributed by atoms with Crippen molar-refractivity contribution in [3.63, 3.8) is 0 Å². The van der Waals surface area contributed by atoms with Gasteiger partial charge in [-0.2, -0.15) is 5.10 Å². The Kier molecular flexibility index (Phi) is 2.31. The van der Waals surface area contributed by atoms with E-state index in [4.69, 9.17) is 4.74 Å². The van der Waals surface area contributed by atoms with Gasteiger partial charge in [0.05, 0.1) is 13.2 Å². The summed E-state index contributed by atoms with van der Waals surface area (Å²) in [5.74, 6) is 1.38. The number of fused-ring (bicyclic) bond motifs is 1. The van der Waals surface area contributed by atoms with E-state index in [1.165, 1.54) is 18.4 Å². The van der Waals surface area contributed by atoms with E-state index < -0.39 is 0 Å². The Balaban J connectivity index is 1.84. The summed E-state index contributed by atoms with van der Waals surface area (Å²) in [6.45, 7) is 1.12. The van der Waals surface area contributed by atoms with Crippen molar-refractivity contribution in [2.45, 2.75) is 24.8 Å². The molecule has 0 bridgehead atoms. The van der Waals surface area contributed by atoms with Crippen molar-refractivity contribution in [1.82, 2.24) is 5.01 Å². The van der Waals surface area contributed by atoms with Crippen LogP contribution < -0.4 is 4.74 Å². The molecule has 2 aliphatic heterocycles. The predicted octanol–water partition coefficient (Wildman–Crippen LogP) is 2.24. The van der Waals surface area contributed by atoms with E-state index in [1.807, 2.05) is 12.1 Å². The first-order valence-electron chi connectivity index (χ1n) is 5.83. The minimum absolute atomic E-state index is 0.466. The monoisotopic (exact) mass is 216 g/mol. The third-order valence-electron chi connectivity index (χ3n) is 3.56. The van der Waals surface area contributed by atoms with Gasteiger partial charge in [-0.3, -0.25) is 5.01 Å². The molecule has 1 aromatic rings. The quantitative estimate of drug-likeness (QED) is 0.757. The second-order valence-corrected chi connectivity index (χ2v) is 4.44. The summed E-state index contributed by atoms with van der Waals surface area (Å²) in [4.78, 5) is 0. The molecule has 1 aromatic carbocycles. The highest BCUT2D eigenvalue weighted by molar-refractivity contribution is 5.71. The van der Waals surface area contributed by atoms with Gasteiger partial charge < -0.3 is 4.74 Å². The average Bonchev–Trinajstić information content (AvgIpc) is 2.91. The molecule has 0 unspecified atom stereocenters. The zero-order chi connectivity index (χ0) is 11.0. The van der Waals surface area contributed by atoms with Crippen LogP contribution in [0.2, 0.25) is 0 Å². The van der Waals surface area contributed by atoms with E-state index in [9.17, 15) is 0 Å². The summed E-state index contributed by atoms with van der Waals surface area (Å²) in [6.07, 6.45) is 4.62. The summed E-state index contributed by atoms with van der Waals surface area (Å²) in [6, 6.07) is 8.95. The van der Waals surface area contributed by atoms with Crippen LogP contribution in [0, 0.1) is 0 Å². The van der Waals surface area contributed by atoms with E-state index in [0.29, 0.717) is 12.0 Å². The van der Waals surface area contributed by atoms with Crippen LogP contribution in [-0.4, -0.2) is 30.9 Å². The molecule has 2 atom stereocenters. The minimum atomic E-state index is 0.466. The molecule has 0 aliphatic carbocycles. The SMILES string of the molecule is COc1ccc([C@H]2C=NN3CCC[C@H]23)cc1. The highest BCUT2D eigenvalue weighted by atomic mass is 16.5. The van der Waals surface area contributed by atoms with Gasteiger partial charge in [-0.25, -0.2) is 0 Å². The highest BCUT2D eigenvalue weighted by Gasteiger charge is 2.35. The van der Waals surface area contributed by atoms with Crippen molar-refractivity contribution in [3.05, 3.63) is 29.8 Å². The lowest BCUT2D eigenvalue weighted by Gasteiger charge is -2.19. The zero-order valence-electron chi connectivity index (χ0n) is 9.47. The fraction of sp³-hybridized carbons (Fsp3) is 0.462. The van der Waals surface area contributed by atoms with Crippen LogP contribution >= 0.6 is 0 Å². The minimum Gasteiger partial charge on any atom is -0.497 e. The molecule has 1 saturated heterocycles. The van der Waals surface area contributed by atoms with Gasteiger partial charge in [0.2, 0.25) is 0 Å². The number of benzene rings is 1. The van der Waals surface area contributed by atoms with Crippen LogP contribution in [0.1, 0.15) is 24.3 Å². The summed E-state index contributed by atoms with van der Waals surface area (Å²) in [7, 11) is 1.70. The smallest absolute Gasteiger partial charge is 0.118 e. The van der Waals surface area contributed by atoms with Crippen molar-refractivity contribution in [2.24, 2.45) is 5.10 Å². The molecule has 84 valence electrons. The second kappa shape index (κ2) is 3.81. The van der Waals surface area contributed by atoms with Gasteiger partial charge in [0.15, 0.2) is 0 Å². The van der Waals surface area contributed by atoms with Crippen molar-refractivity contribution < 1.29 is 4.74 Å². The number of methoxy groups -OCH3 is 1. The molecule has 16 heavy (non-hydrogen) atoms. The Bertz CT molecular complexity index is 399. The van der Waals surface area contributed by atoms with Crippen molar-refractivity contribution in [1.29, 1.82) is 0 Å². The van der Waals surface area contributed by atoms with Crippen molar-refractivity contribution in [3.8, 4) is 5.75 Å². The van der Waals surface area contributed by atoms with Crippen molar-refractivity contribution >= 4 is 6.21 Å². The molecule has 1 fully saturated rings. The topological polar surface area (TPSA) is 24.8 Å². The second-order valence-electron chi connectivity index (χ2n) is 4.44. The van der Waals surface area contributed by atoms with E-state index in [1.54, 1.807) is 7.11 Å². The highest BCUT2D eigenvalue weighted by Crippen LogP contribution is 2.34. The average molecular weight is 216 g/mol. The molecule has 2 heterocycles. The summed E-state index contributed by atoms with van der Waals surface area (Å²) >= 11 is 0. The standard InChI is InChI=1S/C13H16N2O/c1-16-11-6-4-10(5-7-11)12-9-14-15-8-2-3-13(12)15/h4-7,9,12-13H,2-3,8H2,1H3/t12-,13-/m1/s1. The molecule has 0 amide bonds. The van der Waals surface area contributed by atoms with E-state index in [0.717, 1.165) is 12.3 Å². The van der Waals surface area contributed by atoms with Gasteiger partial charge in [0, 0.05) is 18.7 Å². The number of hydrogen-bond acceptors (Lipinski definition) is 3. The lowest BCUT2D eigenvalue weighted by Crippen LogP contribution is -2.24. The molecule has 0 spiro atoms. The molecule has 0 radical (unpaired) electrons. The molecular weight excluding hydrogens is 200 g/mol. The maximum Gasteiger partial charge on any atom is 0.118 e. The lowest BCUT2D eigenvalue weighted by molar-refractivity contribution is 0.285. The molecule has 2 aliphatic rings. The molecule has 0 aromatic heterocycles. The van der Waals surface area contributed by atoms with Gasteiger partial charge in [-0.1, -0.05) is 12.1 Å². The van der Waals surface area contributed by atoms with E-state index in [-0.39, 0.29) is 0 Å². The first-order chi connectivity index (χ1) is 7.88. The Morgan fingerprint density at radius 2 is 2.12 bits per heavy atom. The predicted molar refractivity (Wildman–Crippen MR) is 64.0 cm³/mol. The van der Waals surface area contributed by atoms with Crippen LogP contribution in [0.4, 0.5) is 0 Å². The van der Waals surface area contributed by atoms with Gasteiger partial charge in [0.1, 0.15) is 5.75 Å². The largest absolute Gasteiger partial charge is 0.497 e. The Morgan fingerprint density at radius 3 is 2.88 bits per heavy atom. The summed E-state index contributed by atoms with van der Waals surface area (Å²) in [5.41, 5.74) is 1.35. The van der Waals surface area contributed by atoms with Gasteiger partial charge in [-0.05, 0) is 30.5 Å². The Labute approximate surface area is 95.7 Å². The third-order valence-corrected chi connectivity index (χ3v) is 3.56. The summed E-state index contributed by atoms with van der Waals surface area (Å²) < 4.78 is 5.17. The van der Waals surface area contributed by atoms with Gasteiger partial charge >= 0.3 is 0 Å². The third kappa shape index (κ3) is 1.47. The zero-order valence-corrected chi connectivity index (χ0v) is 9.47. The van der Waals surface area contributed by atoms with Gasteiger partial charge in [-0.15, -0.1) is 0 Å². The van der Waals surface area contributed by atoms with Gasteiger partial charge in [0.25, 0.3) is 0 Å². The number of hydrogen-bond donors (Lipinski definition) is 0.